The van der Waals surface area contributed by atoms with Gasteiger partial charge < -0.3 is 10.2 Å². The molecule has 4 heteroatoms. The van der Waals surface area contributed by atoms with Crippen molar-refractivity contribution in [3.05, 3.63) is 0 Å². The summed E-state index contributed by atoms with van der Waals surface area (Å²) < 4.78 is 0. The van der Waals surface area contributed by atoms with E-state index in [4.69, 9.17) is 10.2 Å². The van der Waals surface area contributed by atoms with Crippen LogP contribution in [0.1, 0.15) is 0 Å². The van der Waals surface area contributed by atoms with Crippen LogP contribution < -0.4 is 0 Å². The number of aliphatic imine (C=N–C) groups is 2. The molecule has 0 aromatic heterocycles. The second kappa shape index (κ2) is 8.26. The van der Waals surface area contributed by atoms with Crippen molar-refractivity contribution in [1.82, 2.24) is 0 Å². The lowest BCUT2D eigenvalue weighted by atomic mass is 10.7. The van der Waals surface area contributed by atoms with Gasteiger partial charge in [0.2, 0.25) is 0 Å². The first-order valence-corrected chi connectivity index (χ1v) is 3.11. The van der Waals surface area contributed by atoms with Crippen LogP contribution in [0, 0.1) is 0 Å². The van der Waals surface area contributed by atoms with Crippen molar-refractivity contribution in [2.75, 3.05) is 26.3 Å². The van der Waals surface area contributed by atoms with Gasteiger partial charge in [0.25, 0.3) is 0 Å². The Morgan fingerprint density at radius 1 is 0.900 bits per heavy atom. The Hall–Kier alpha value is -0.740. The lowest BCUT2D eigenvalue weighted by Gasteiger charge is -1.82. The molecule has 0 rings (SSSR count). The summed E-state index contributed by atoms with van der Waals surface area (Å²) in [4.78, 5) is 7.51. The fourth-order valence-electron chi connectivity index (χ4n) is 0.359. The predicted octanol–water partition coefficient (Wildman–Crippen LogP) is -0.887. The van der Waals surface area contributed by atoms with E-state index in [0.29, 0.717) is 13.1 Å². The quantitative estimate of drug-likeness (QED) is 0.492. The van der Waals surface area contributed by atoms with E-state index in [1.807, 2.05) is 0 Å². The molecule has 4 nitrogen and oxygen atoms in total. The van der Waals surface area contributed by atoms with Crippen LogP contribution in [0.5, 0.6) is 0 Å². The van der Waals surface area contributed by atoms with Gasteiger partial charge in [-0.15, -0.1) is 0 Å². The molecule has 0 aliphatic rings. The van der Waals surface area contributed by atoms with Crippen molar-refractivity contribution < 1.29 is 10.2 Å². The highest BCUT2D eigenvalue weighted by Gasteiger charge is 1.72. The van der Waals surface area contributed by atoms with E-state index in [-0.39, 0.29) is 13.2 Å². The normalized spacial score (nSPS) is 11.8. The number of rotatable bonds is 5. The summed E-state index contributed by atoms with van der Waals surface area (Å²) >= 11 is 0. The zero-order chi connectivity index (χ0) is 7.66. The number of hydrogen-bond acceptors (Lipinski definition) is 4. The summed E-state index contributed by atoms with van der Waals surface area (Å²) in [6.45, 7) is 0.935. The maximum absolute atomic E-state index is 8.27. The molecule has 10 heavy (non-hydrogen) atoms. The van der Waals surface area contributed by atoms with Crippen molar-refractivity contribution in [2.45, 2.75) is 0 Å². The maximum atomic E-state index is 8.27. The Bertz CT molecular complexity index is 98.3. The van der Waals surface area contributed by atoms with Gasteiger partial charge in [0.15, 0.2) is 0 Å². The number of aliphatic hydroxyl groups excluding tert-OH is 2. The van der Waals surface area contributed by atoms with Gasteiger partial charge in [-0.05, 0) is 0 Å². The number of nitrogens with zero attached hydrogens (tertiary/aromatic N) is 2. The predicted molar refractivity (Wildman–Crippen MR) is 40.9 cm³/mol. The monoisotopic (exact) mass is 144 g/mol. The van der Waals surface area contributed by atoms with Crippen molar-refractivity contribution >= 4 is 12.4 Å². The lowest BCUT2D eigenvalue weighted by molar-refractivity contribution is 0.306. The zero-order valence-electron chi connectivity index (χ0n) is 5.77. The average molecular weight is 144 g/mol. The Balaban J connectivity index is 3.15. The van der Waals surface area contributed by atoms with E-state index in [1.165, 1.54) is 12.4 Å². The Kier molecular flexibility index (Phi) is 7.65. The van der Waals surface area contributed by atoms with Gasteiger partial charge >= 0.3 is 0 Å². The van der Waals surface area contributed by atoms with Crippen LogP contribution in [0.15, 0.2) is 9.98 Å². The summed E-state index contributed by atoms with van der Waals surface area (Å²) in [6, 6.07) is 0. The van der Waals surface area contributed by atoms with Gasteiger partial charge in [0.1, 0.15) is 0 Å². The van der Waals surface area contributed by atoms with Crippen LogP contribution in [0.25, 0.3) is 0 Å². The van der Waals surface area contributed by atoms with Crippen LogP contribution in [0.2, 0.25) is 0 Å². The molecule has 0 aromatic rings. The van der Waals surface area contributed by atoms with Crippen LogP contribution in [-0.2, 0) is 0 Å². The molecule has 58 valence electrons. The van der Waals surface area contributed by atoms with Gasteiger partial charge in [-0.2, -0.15) is 0 Å². The van der Waals surface area contributed by atoms with Crippen LogP contribution in [0.3, 0.4) is 0 Å². The molecule has 0 atom stereocenters. The molecule has 0 spiro atoms. The first-order valence-electron chi connectivity index (χ1n) is 3.11. The Morgan fingerprint density at radius 3 is 1.60 bits per heavy atom. The van der Waals surface area contributed by atoms with Crippen molar-refractivity contribution in [3.8, 4) is 0 Å². The SMILES string of the molecule is OCCN=CC=NCCO. The molecule has 0 amide bonds. The fourth-order valence-corrected chi connectivity index (χ4v) is 0.359. The molecule has 0 radical (unpaired) electrons. The number of hydrogen-bond donors (Lipinski definition) is 2. The molecule has 0 saturated carbocycles. The van der Waals surface area contributed by atoms with E-state index in [9.17, 15) is 0 Å². The molecule has 0 fully saturated rings. The fraction of sp³-hybridized carbons (Fsp3) is 0.667. The molecular formula is C6H12N2O2. The van der Waals surface area contributed by atoms with E-state index in [2.05, 4.69) is 9.98 Å². The van der Waals surface area contributed by atoms with Crippen molar-refractivity contribution in [1.29, 1.82) is 0 Å². The molecule has 0 bridgehead atoms. The van der Waals surface area contributed by atoms with Gasteiger partial charge in [-0.3, -0.25) is 9.98 Å². The van der Waals surface area contributed by atoms with Gasteiger partial charge in [-0.1, -0.05) is 0 Å². The standard InChI is InChI=1S/C6H12N2O2/c9-5-3-7-1-2-8-4-6-10/h1-2,9-10H,3-6H2. The molecule has 2 N–H and O–H groups in total. The second-order valence-corrected chi connectivity index (χ2v) is 1.56. The van der Waals surface area contributed by atoms with E-state index >= 15 is 0 Å². The average Bonchev–Trinajstić information content (AvgIpc) is 1.97. The minimum absolute atomic E-state index is 0.0599. The smallest absolute Gasteiger partial charge is 0.0626 e. The third kappa shape index (κ3) is 7.26. The highest BCUT2D eigenvalue weighted by Crippen LogP contribution is 1.65. The minimum atomic E-state index is 0.0599. The Labute approximate surface area is 59.9 Å². The molecule has 0 heterocycles. The van der Waals surface area contributed by atoms with Crippen molar-refractivity contribution in [3.63, 3.8) is 0 Å². The maximum Gasteiger partial charge on any atom is 0.0626 e. The van der Waals surface area contributed by atoms with Crippen molar-refractivity contribution in [2.24, 2.45) is 9.98 Å². The zero-order valence-corrected chi connectivity index (χ0v) is 5.77. The largest absolute Gasteiger partial charge is 0.394 e. The van der Waals surface area contributed by atoms with Crippen LogP contribution in [0.4, 0.5) is 0 Å². The third-order valence-electron chi connectivity index (χ3n) is 0.736. The summed E-state index contributed by atoms with van der Waals surface area (Å²) in [5, 5.41) is 16.5. The molecule has 0 aliphatic carbocycles. The molecule has 0 aliphatic heterocycles. The van der Waals surface area contributed by atoms with Gasteiger partial charge in [0.05, 0.1) is 26.3 Å². The lowest BCUT2D eigenvalue weighted by Crippen LogP contribution is -1.90. The summed E-state index contributed by atoms with van der Waals surface area (Å²) in [7, 11) is 0. The third-order valence-corrected chi connectivity index (χ3v) is 0.736. The summed E-state index contributed by atoms with van der Waals surface area (Å²) in [5.41, 5.74) is 0. The van der Waals surface area contributed by atoms with E-state index in [1.54, 1.807) is 0 Å². The highest BCUT2D eigenvalue weighted by atomic mass is 16.3. The first kappa shape index (κ1) is 9.26. The van der Waals surface area contributed by atoms with Crippen LogP contribution in [-0.4, -0.2) is 48.9 Å². The first-order chi connectivity index (χ1) is 4.91. The molecule has 0 unspecified atom stereocenters. The topological polar surface area (TPSA) is 65.2 Å². The molecule has 0 aromatic carbocycles. The van der Waals surface area contributed by atoms with E-state index < -0.39 is 0 Å². The second-order valence-electron chi connectivity index (χ2n) is 1.56. The van der Waals surface area contributed by atoms with Crippen LogP contribution >= 0.6 is 0 Å². The molecule has 0 saturated heterocycles. The molecular weight excluding hydrogens is 132 g/mol. The highest BCUT2D eigenvalue weighted by molar-refractivity contribution is 6.15. The number of aliphatic hydroxyl groups is 2. The minimum Gasteiger partial charge on any atom is -0.394 e. The van der Waals surface area contributed by atoms with Gasteiger partial charge in [0, 0.05) is 12.4 Å². The van der Waals surface area contributed by atoms with E-state index in [0.717, 1.165) is 0 Å². The Morgan fingerprint density at radius 2 is 1.30 bits per heavy atom. The van der Waals surface area contributed by atoms with Gasteiger partial charge in [-0.25, -0.2) is 0 Å². The summed E-state index contributed by atoms with van der Waals surface area (Å²) in [5.74, 6) is 0. The summed E-state index contributed by atoms with van der Waals surface area (Å²) in [6.07, 6.45) is 3.01.